The molecule has 0 bridgehead atoms. The van der Waals surface area contributed by atoms with Gasteiger partial charge in [0.25, 0.3) is 0 Å². The van der Waals surface area contributed by atoms with E-state index in [1.165, 1.54) is 11.8 Å². The van der Waals surface area contributed by atoms with Gasteiger partial charge in [-0.3, -0.25) is 4.79 Å². The van der Waals surface area contributed by atoms with Crippen LogP contribution in [0.2, 0.25) is 0 Å². The number of ether oxygens (including phenoxy) is 2. The highest BCUT2D eigenvalue weighted by Crippen LogP contribution is 2.22. The van der Waals surface area contributed by atoms with E-state index in [4.69, 9.17) is 9.47 Å². The summed E-state index contributed by atoms with van der Waals surface area (Å²) in [6, 6.07) is 12.2. The van der Waals surface area contributed by atoms with Gasteiger partial charge in [0.05, 0.1) is 12.2 Å². The third-order valence-electron chi connectivity index (χ3n) is 4.07. The molecule has 0 saturated heterocycles. The summed E-state index contributed by atoms with van der Waals surface area (Å²) >= 11 is 0. The van der Waals surface area contributed by atoms with Crippen LogP contribution in [0.25, 0.3) is 0 Å². The SMILES string of the molecule is CC(=O)N(C)c1ccc(OCc2ccc(CO)cc2C(=O)OC(C)(C)C)cc1. The van der Waals surface area contributed by atoms with Gasteiger partial charge in [0.1, 0.15) is 18.0 Å². The van der Waals surface area contributed by atoms with Gasteiger partial charge in [-0.2, -0.15) is 0 Å². The Balaban J connectivity index is 2.17. The smallest absolute Gasteiger partial charge is 0.339 e. The molecule has 6 nitrogen and oxygen atoms in total. The van der Waals surface area contributed by atoms with Crippen molar-refractivity contribution in [1.29, 1.82) is 0 Å². The Kier molecular flexibility index (Phi) is 6.80. The van der Waals surface area contributed by atoms with Gasteiger partial charge in [0.15, 0.2) is 0 Å². The minimum absolute atomic E-state index is 0.0559. The molecule has 0 aliphatic rings. The lowest BCUT2D eigenvalue weighted by Crippen LogP contribution is -2.25. The molecule has 0 saturated carbocycles. The fourth-order valence-corrected chi connectivity index (χ4v) is 2.48. The van der Waals surface area contributed by atoms with Gasteiger partial charge in [-0.15, -0.1) is 0 Å². The lowest BCUT2D eigenvalue weighted by molar-refractivity contribution is -0.116. The maximum absolute atomic E-state index is 12.5. The number of anilines is 1. The minimum Gasteiger partial charge on any atom is -0.489 e. The Bertz CT molecular complexity index is 837. The topological polar surface area (TPSA) is 76.1 Å². The van der Waals surface area contributed by atoms with Crippen LogP contribution < -0.4 is 9.64 Å². The molecule has 0 aromatic heterocycles. The molecule has 28 heavy (non-hydrogen) atoms. The zero-order chi connectivity index (χ0) is 20.9. The summed E-state index contributed by atoms with van der Waals surface area (Å²) in [5.41, 5.74) is 1.80. The molecular formula is C22H27NO5. The Morgan fingerprint density at radius 2 is 1.71 bits per heavy atom. The van der Waals surface area contributed by atoms with Crippen molar-refractivity contribution in [1.82, 2.24) is 0 Å². The van der Waals surface area contributed by atoms with Crippen molar-refractivity contribution in [2.45, 2.75) is 46.5 Å². The summed E-state index contributed by atoms with van der Waals surface area (Å²) in [6.07, 6.45) is 0. The monoisotopic (exact) mass is 385 g/mol. The van der Waals surface area contributed by atoms with E-state index < -0.39 is 11.6 Å². The second-order valence-corrected chi connectivity index (χ2v) is 7.51. The van der Waals surface area contributed by atoms with E-state index >= 15 is 0 Å². The van der Waals surface area contributed by atoms with Gasteiger partial charge in [0.2, 0.25) is 5.91 Å². The molecule has 0 fully saturated rings. The summed E-state index contributed by atoms with van der Waals surface area (Å²) in [4.78, 5) is 25.5. The second kappa shape index (κ2) is 8.89. The summed E-state index contributed by atoms with van der Waals surface area (Å²) in [7, 11) is 1.70. The van der Waals surface area contributed by atoms with Crippen LogP contribution in [0.3, 0.4) is 0 Å². The predicted molar refractivity (Wildman–Crippen MR) is 107 cm³/mol. The van der Waals surface area contributed by atoms with E-state index in [1.54, 1.807) is 70.3 Å². The van der Waals surface area contributed by atoms with E-state index in [9.17, 15) is 14.7 Å². The lowest BCUT2D eigenvalue weighted by atomic mass is 10.0. The zero-order valence-corrected chi connectivity index (χ0v) is 17.0. The summed E-state index contributed by atoms with van der Waals surface area (Å²) < 4.78 is 11.3. The van der Waals surface area contributed by atoms with Crippen molar-refractivity contribution in [2.75, 3.05) is 11.9 Å². The van der Waals surface area contributed by atoms with Crippen molar-refractivity contribution < 1.29 is 24.2 Å². The average Bonchev–Trinajstić information content (AvgIpc) is 2.64. The molecule has 0 heterocycles. The van der Waals surface area contributed by atoms with Crippen molar-refractivity contribution >= 4 is 17.6 Å². The number of amides is 1. The highest BCUT2D eigenvalue weighted by molar-refractivity contribution is 5.92. The van der Waals surface area contributed by atoms with Crippen LogP contribution in [-0.4, -0.2) is 29.6 Å². The molecule has 0 aliphatic carbocycles. The van der Waals surface area contributed by atoms with Gasteiger partial charge in [0, 0.05) is 25.2 Å². The molecule has 150 valence electrons. The number of hydrogen-bond donors (Lipinski definition) is 1. The van der Waals surface area contributed by atoms with E-state index in [2.05, 4.69) is 0 Å². The van der Waals surface area contributed by atoms with Crippen LogP contribution in [0, 0.1) is 0 Å². The first-order valence-electron chi connectivity index (χ1n) is 9.04. The molecule has 1 N–H and O–H groups in total. The Labute approximate surface area is 165 Å². The number of aliphatic hydroxyl groups excluding tert-OH is 1. The van der Waals surface area contributed by atoms with Gasteiger partial charge in [-0.25, -0.2) is 4.79 Å². The number of carbonyl (C=O) groups excluding carboxylic acids is 2. The minimum atomic E-state index is -0.622. The number of nitrogens with zero attached hydrogens (tertiary/aromatic N) is 1. The summed E-state index contributed by atoms with van der Waals surface area (Å²) in [5.74, 6) is 0.0987. The van der Waals surface area contributed by atoms with E-state index in [-0.39, 0.29) is 19.1 Å². The van der Waals surface area contributed by atoms with Crippen molar-refractivity contribution in [2.24, 2.45) is 0 Å². The molecule has 0 spiro atoms. The maximum atomic E-state index is 12.5. The molecule has 2 aromatic carbocycles. The van der Waals surface area contributed by atoms with Crippen LogP contribution in [0.15, 0.2) is 42.5 Å². The first-order valence-corrected chi connectivity index (χ1v) is 9.04. The summed E-state index contributed by atoms with van der Waals surface area (Å²) in [6.45, 7) is 6.91. The Hall–Kier alpha value is -2.86. The number of esters is 1. The molecule has 0 radical (unpaired) electrons. The molecule has 6 heteroatoms. The second-order valence-electron chi connectivity index (χ2n) is 7.51. The number of carbonyl (C=O) groups is 2. The van der Waals surface area contributed by atoms with Crippen molar-refractivity contribution in [3.8, 4) is 5.75 Å². The molecule has 0 unspecified atom stereocenters. The molecule has 0 atom stereocenters. The highest BCUT2D eigenvalue weighted by Gasteiger charge is 2.21. The average molecular weight is 385 g/mol. The fraction of sp³-hybridized carbons (Fsp3) is 0.364. The van der Waals surface area contributed by atoms with Gasteiger partial charge < -0.3 is 19.5 Å². The van der Waals surface area contributed by atoms with E-state index in [0.717, 1.165) is 5.69 Å². The summed E-state index contributed by atoms with van der Waals surface area (Å²) in [5, 5.41) is 9.37. The van der Waals surface area contributed by atoms with E-state index in [0.29, 0.717) is 22.4 Å². The number of hydrogen-bond acceptors (Lipinski definition) is 5. The molecular weight excluding hydrogens is 358 g/mol. The number of aliphatic hydroxyl groups is 1. The zero-order valence-electron chi connectivity index (χ0n) is 17.0. The first-order chi connectivity index (χ1) is 13.1. The first kappa shape index (κ1) is 21.4. The standard InChI is InChI=1S/C22H27NO5/c1-15(25)23(5)18-8-10-19(11-9-18)27-14-17-7-6-16(13-24)12-20(17)21(26)28-22(2,3)4/h6-12,24H,13-14H2,1-5H3. The Morgan fingerprint density at radius 1 is 1.07 bits per heavy atom. The van der Waals surface area contributed by atoms with Crippen LogP contribution in [0.5, 0.6) is 5.75 Å². The van der Waals surface area contributed by atoms with Crippen molar-refractivity contribution in [3.05, 3.63) is 59.2 Å². The molecule has 0 aliphatic heterocycles. The van der Waals surface area contributed by atoms with E-state index in [1.807, 2.05) is 0 Å². The molecule has 2 rings (SSSR count). The van der Waals surface area contributed by atoms with Crippen LogP contribution in [0.4, 0.5) is 5.69 Å². The van der Waals surface area contributed by atoms with Crippen molar-refractivity contribution in [3.63, 3.8) is 0 Å². The number of rotatable bonds is 6. The highest BCUT2D eigenvalue weighted by atomic mass is 16.6. The lowest BCUT2D eigenvalue weighted by Gasteiger charge is -2.21. The third-order valence-corrected chi connectivity index (χ3v) is 4.07. The quantitative estimate of drug-likeness (QED) is 0.768. The third kappa shape index (κ3) is 5.82. The maximum Gasteiger partial charge on any atom is 0.339 e. The Morgan fingerprint density at radius 3 is 2.25 bits per heavy atom. The van der Waals surface area contributed by atoms with Crippen LogP contribution >= 0.6 is 0 Å². The predicted octanol–water partition coefficient (Wildman–Crippen LogP) is 3.70. The normalized spacial score (nSPS) is 11.1. The van der Waals surface area contributed by atoms with Crippen LogP contribution in [0.1, 0.15) is 49.2 Å². The fourth-order valence-electron chi connectivity index (χ4n) is 2.48. The van der Waals surface area contributed by atoms with Gasteiger partial charge >= 0.3 is 5.97 Å². The van der Waals surface area contributed by atoms with Gasteiger partial charge in [-0.05, 0) is 56.7 Å². The van der Waals surface area contributed by atoms with Crippen LogP contribution in [-0.2, 0) is 22.7 Å². The molecule has 2 aromatic rings. The number of benzene rings is 2. The molecule has 1 amide bonds. The van der Waals surface area contributed by atoms with Gasteiger partial charge in [-0.1, -0.05) is 12.1 Å². The largest absolute Gasteiger partial charge is 0.489 e.